The van der Waals surface area contributed by atoms with Crippen LogP contribution in [0.3, 0.4) is 0 Å². The van der Waals surface area contributed by atoms with Crippen LogP contribution in [0.2, 0.25) is 0 Å². The minimum Gasteiger partial charge on any atom is -0.323 e. The van der Waals surface area contributed by atoms with E-state index in [1.807, 2.05) is 0 Å². The van der Waals surface area contributed by atoms with Crippen molar-refractivity contribution in [2.75, 3.05) is 12.9 Å². The fourth-order valence-electron chi connectivity index (χ4n) is 1.66. The molecule has 0 radical (unpaired) electrons. The van der Waals surface area contributed by atoms with Gasteiger partial charge in [-0.05, 0) is 17.7 Å². The van der Waals surface area contributed by atoms with Gasteiger partial charge in [-0.1, -0.05) is 12.1 Å². The van der Waals surface area contributed by atoms with Gasteiger partial charge < -0.3 is 5.73 Å². The van der Waals surface area contributed by atoms with Crippen molar-refractivity contribution in [3.63, 3.8) is 0 Å². The highest BCUT2D eigenvalue weighted by Crippen LogP contribution is 2.24. The molecule has 2 atom stereocenters. The summed E-state index contributed by atoms with van der Waals surface area (Å²) in [6, 6.07) is 3.17. The molecule has 0 aliphatic heterocycles. The molecule has 2 unspecified atom stereocenters. The maximum atomic E-state index is 11.4. The molecule has 0 heterocycles. The SMILES string of the molecule is CS(=O)(=O)c1ccc(C(OS(=O)(=O)O)C(N)COS(=O)(=O)O)cc1. The van der Waals surface area contributed by atoms with Gasteiger partial charge in [-0.25, -0.2) is 16.8 Å². The largest absolute Gasteiger partial charge is 0.398 e. The van der Waals surface area contributed by atoms with E-state index in [0.717, 1.165) is 18.4 Å². The highest BCUT2D eigenvalue weighted by molar-refractivity contribution is 7.90. The molecule has 14 heteroatoms. The molecule has 0 amide bonds. The zero-order valence-electron chi connectivity index (χ0n) is 12.1. The summed E-state index contributed by atoms with van der Waals surface area (Å²) < 4.78 is 91.4. The van der Waals surface area contributed by atoms with Crippen molar-refractivity contribution in [1.82, 2.24) is 0 Å². The summed E-state index contributed by atoms with van der Waals surface area (Å²) in [6.45, 7) is -0.868. The Kier molecular flexibility index (Phi) is 6.45. The first-order chi connectivity index (χ1) is 10.7. The van der Waals surface area contributed by atoms with E-state index in [1.165, 1.54) is 12.1 Å². The van der Waals surface area contributed by atoms with Crippen LogP contribution in [-0.4, -0.2) is 53.3 Å². The number of sulfone groups is 1. The van der Waals surface area contributed by atoms with Gasteiger partial charge in [0.05, 0.1) is 17.5 Å². The highest BCUT2D eigenvalue weighted by Gasteiger charge is 2.28. The van der Waals surface area contributed by atoms with E-state index >= 15 is 0 Å². The van der Waals surface area contributed by atoms with Crippen molar-refractivity contribution < 1.29 is 42.7 Å². The quantitative estimate of drug-likeness (QED) is 0.454. The minimum absolute atomic E-state index is 0.0199. The molecule has 0 saturated heterocycles. The second kappa shape index (κ2) is 7.40. The van der Waals surface area contributed by atoms with Gasteiger partial charge in [-0.3, -0.25) is 9.11 Å². The van der Waals surface area contributed by atoms with E-state index in [4.69, 9.17) is 14.8 Å². The van der Waals surface area contributed by atoms with Crippen molar-refractivity contribution in [3.8, 4) is 0 Å². The van der Waals surface area contributed by atoms with Crippen LogP contribution in [-0.2, 0) is 39.0 Å². The first-order valence-corrected chi connectivity index (χ1v) is 10.6. The molecule has 0 aliphatic carbocycles. The second-order valence-electron chi connectivity index (χ2n) is 4.66. The fourth-order valence-corrected chi connectivity index (χ4v) is 3.14. The predicted molar refractivity (Wildman–Crippen MR) is 80.4 cm³/mol. The van der Waals surface area contributed by atoms with Crippen LogP contribution in [0.5, 0.6) is 0 Å². The number of nitrogens with two attached hydrogens (primary N) is 1. The molecule has 0 saturated carbocycles. The van der Waals surface area contributed by atoms with Gasteiger partial charge in [-0.2, -0.15) is 16.8 Å². The number of rotatable bonds is 8. The topological polar surface area (TPSA) is 187 Å². The van der Waals surface area contributed by atoms with E-state index in [2.05, 4.69) is 8.37 Å². The maximum absolute atomic E-state index is 11.4. The normalized spacial score (nSPS) is 15.8. The maximum Gasteiger partial charge on any atom is 0.398 e. The Morgan fingerprint density at radius 1 is 1.00 bits per heavy atom. The molecule has 24 heavy (non-hydrogen) atoms. The Balaban J connectivity index is 3.14. The van der Waals surface area contributed by atoms with E-state index in [1.54, 1.807) is 0 Å². The molecular weight excluding hydrogens is 390 g/mol. The average Bonchev–Trinajstić information content (AvgIpc) is 2.39. The third kappa shape index (κ3) is 7.18. The first kappa shape index (κ1) is 20.9. The molecule has 0 aliphatic rings. The van der Waals surface area contributed by atoms with Gasteiger partial charge in [-0.15, -0.1) is 0 Å². The van der Waals surface area contributed by atoms with Crippen molar-refractivity contribution >= 4 is 30.6 Å². The zero-order valence-corrected chi connectivity index (χ0v) is 14.6. The highest BCUT2D eigenvalue weighted by atomic mass is 32.3. The Morgan fingerprint density at radius 2 is 1.50 bits per heavy atom. The lowest BCUT2D eigenvalue weighted by molar-refractivity contribution is 0.125. The van der Waals surface area contributed by atoms with Crippen LogP contribution in [0, 0.1) is 0 Å². The van der Waals surface area contributed by atoms with Crippen LogP contribution >= 0.6 is 0 Å². The van der Waals surface area contributed by atoms with Crippen molar-refractivity contribution in [2.24, 2.45) is 5.73 Å². The molecule has 0 fully saturated rings. The van der Waals surface area contributed by atoms with Gasteiger partial charge in [0.1, 0.15) is 6.10 Å². The molecule has 0 aromatic heterocycles. The molecule has 0 spiro atoms. The molecule has 0 bridgehead atoms. The predicted octanol–water partition coefficient (Wildman–Crippen LogP) is -0.903. The van der Waals surface area contributed by atoms with Crippen molar-refractivity contribution in [2.45, 2.75) is 17.0 Å². The molecule has 1 aromatic carbocycles. The van der Waals surface area contributed by atoms with Crippen molar-refractivity contribution in [3.05, 3.63) is 29.8 Å². The van der Waals surface area contributed by atoms with Gasteiger partial charge >= 0.3 is 20.8 Å². The lowest BCUT2D eigenvalue weighted by Gasteiger charge is -2.22. The molecule has 4 N–H and O–H groups in total. The standard InChI is InChI=1S/C10H15NO10S3/c1-22(12,13)8-4-2-7(3-5-8)10(21-24(17,18)19)9(11)6-20-23(14,15)16/h2-5,9-10H,6,11H2,1H3,(H,14,15,16)(H,17,18,19). The second-order valence-corrected chi connectivity index (χ2v) is 8.82. The van der Waals surface area contributed by atoms with Gasteiger partial charge in [0.15, 0.2) is 9.84 Å². The number of hydrogen-bond donors (Lipinski definition) is 3. The van der Waals surface area contributed by atoms with Gasteiger partial charge in [0, 0.05) is 6.26 Å². The Morgan fingerprint density at radius 3 is 1.88 bits per heavy atom. The summed E-state index contributed by atoms with van der Waals surface area (Å²) in [7, 11) is -13.3. The molecular formula is C10H15NO10S3. The molecule has 11 nitrogen and oxygen atoms in total. The summed E-state index contributed by atoms with van der Waals surface area (Å²) >= 11 is 0. The van der Waals surface area contributed by atoms with E-state index in [-0.39, 0.29) is 10.5 Å². The van der Waals surface area contributed by atoms with E-state index in [0.29, 0.717) is 0 Å². The lowest BCUT2D eigenvalue weighted by Crippen LogP contribution is -2.36. The van der Waals surface area contributed by atoms with Crippen LogP contribution in [0.15, 0.2) is 29.2 Å². The van der Waals surface area contributed by atoms with Crippen molar-refractivity contribution in [1.29, 1.82) is 0 Å². The fraction of sp³-hybridized carbons (Fsp3) is 0.400. The van der Waals surface area contributed by atoms with Crippen LogP contribution in [0.4, 0.5) is 0 Å². The summed E-state index contributed by atoms with van der Waals surface area (Å²) in [4.78, 5) is -0.0698. The first-order valence-electron chi connectivity index (χ1n) is 6.02. The van der Waals surface area contributed by atoms with Crippen LogP contribution in [0.1, 0.15) is 11.7 Å². The van der Waals surface area contributed by atoms with E-state index in [9.17, 15) is 25.3 Å². The number of benzene rings is 1. The molecule has 1 aromatic rings. The van der Waals surface area contributed by atoms with Gasteiger partial charge in [0.2, 0.25) is 0 Å². The summed E-state index contributed by atoms with van der Waals surface area (Å²) in [6.07, 6.45) is -0.643. The number of hydrogen-bond acceptors (Lipinski definition) is 9. The third-order valence-electron chi connectivity index (χ3n) is 2.66. The lowest BCUT2D eigenvalue weighted by atomic mass is 10.0. The molecule has 138 valence electrons. The Hall–Kier alpha value is -1.13. The monoisotopic (exact) mass is 405 g/mol. The molecule has 1 rings (SSSR count). The summed E-state index contributed by atoms with van der Waals surface area (Å²) in [5.74, 6) is 0. The van der Waals surface area contributed by atoms with Crippen LogP contribution < -0.4 is 5.73 Å². The summed E-state index contributed by atoms with van der Waals surface area (Å²) in [5, 5.41) is 0. The zero-order chi connectivity index (χ0) is 18.8. The van der Waals surface area contributed by atoms with E-state index < -0.39 is 49.4 Å². The smallest absolute Gasteiger partial charge is 0.323 e. The Labute approximate surface area is 139 Å². The summed E-state index contributed by atoms with van der Waals surface area (Å²) in [5.41, 5.74) is 5.59. The van der Waals surface area contributed by atoms with Gasteiger partial charge in [0.25, 0.3) is 0 Å². The third-order valence-corrected chi connectivity index (χ3v) is 4.67. The Bertz CT molecular complexity index is 873. The minimum atomic E-state index is -4.97. The van der Waals surface area contributed by atoms with Crippen LogP contribution in [0.25, 0.3) is 0 Å². The average molecular weight is 405 g/mol.